The Bertz CT molecular complexity index is 774. The molecule has 2 aliphatic carbocycles. The molecule has 1 aromatic carbocycles. The Hall–Kier alpha value is -1.64. The standard InChI is InChI=1S/C30H44F2O/c1-3-5-6-7-10-23-13-15-24(16-14-23)11-8-9-12-25-17-19-26(20-18-25)27-21-22-28(33-4-2)30(32)29(27)31/h9,12-13,21-22,24-26H,3-8,10-11,14-20H2,1-2H3/b12-9+. The van der Waals surface area contributed by atoms with Crippen LogP contribution < -0.4 is 4.74 Å². The molecule has 0 aromatic heterocycles. The molecule has 0 bridgehead atoms. The van der Waals surface area contributed by atoms with Crippen LogP contribution in [-0.4, -0.2) is 6.61 Å². The monoisotopic (exact) mass is 458 g/mol. The molecule has 0 radical (unpaired) electrons. The predicted molar refractivity (Wildman–Crippen MR) is 135 cm³/mol. The summed E-state index contributed by atoms with van der Waals surface area (Å²) >= 11 is 0. The maximum Gasteiger partial charge on any atom is 0.200 e. The van der Waals surface area contributed by atoms with Crippen LogP contribution in [0.1, 0.15) is 115 Å². The van der Waals surface area contributed by atoms with Gasteiger partial charge in [-0.15, -0.1) is 0 Å². The molecule has 3 heteroatoms. The number of ether oxygens (including phenoxy) is 1. The molecule has 0 saturated heterocycles. The first kappa shape index (κ1) is 26.0. The molecule has 1 aromatic rings. The Kier molecular flexibility index (Phi) is 11.0. The van der Waals surface area contributed by atoms with Crippen LogP contribution in [-0.2, 0) is 0 Å². The average Bonchev–Trinajstić information content (AvgIpc) is 2.84. The van der Waals surface area contributed by atoms with Gasteiger partial charge in [0.05, 0.1) is 6.61 Å². The smallest absolute Gasteiger partial charge is 0.200 e. The third-order valence-electron chi connectivity index (χ3n) is 7.70. The summed E-state index contributed by atoms with van der Waals surface area (Å²) in [5, 5.41) is 0. The second-order valence-corrected chi connectivity index (χ2v) is 10.1. The topological polar surface area (TPSA) is 9.23 Å². The van der Waals surface area contributed by atoms with Gasteiger partial charge < -0.3 is 4.74 Å². The summed E-state index contributed by atoms with van der Waals surface area (Å²) in [5.41, 5.74) is 2.23. The maximum atomic E-state index is 14.5. The zero-order valence-corrected chi connectivity index (χ0v) is 20.9. The van der Waals surface area contributed by atoms with Crippen molar-refractivity contribution in [2.45, 2.75) is 110 Å². The largest absolute Gasteiger partial charge is 0.491 e. The lowest BCUT2D eigenvalue weighted by molar-refractivity contribution is 0.310. The van der Waals surface area contributed by atoms with Crippen LogP contribution in [0.5, 0.6) is 5.75 Å². The fraction of sp³-hybridized carbons (Fsp3) is 0.667. The number of rotatable bonds is 12. The van der Waals surface area contributed by atoms with Gasteiger partial charge in [-0.1, -0.05) is 56.1 Å². The number of allylic oxidation sites excluding steroid dienone is 4. The Morgan fingerprint density at radius 1 is 0.970 bits per heavy atom. The van der Waals surface area contributed by atoms with Gasteiger partial charge in [-0.05, 0) is 107 Å². The van der Waals surface area contributed by atoms with Crippen molar-refractivity contribution < 1.29 is 13.5 Å². The van der Waals surface area contributed by atoms with E-state index in [1.807, 2.05) is 0 Å². The van der Waals surface area contributed by atoms with E-state index >= 15 is 0 Å². The number of hydrogen-bond donors (Lipinski definition) is 0. The Morgan fingerprint density at radius 3 is 2.48 bits per heavy atom. The number of unbranched alkanes of at least 4 members (excludes halogenated alkanes) is 3. The normalized spacial score (nSPS) is 23.6. The lowest BCUT2D eigenvalue weighted by Gasteiger charge is -2.27. The van der Waals surface area contributed by atoms with Gasteiger partial charge in [-0.25, -0.2) is 4.39 Å². The number of hydrogen-bond acceptors (Lipinski definition) is 1. The minimum Gasteiger partial charge on any atom is -0.491 e. The van der Waals surface area contributed by atoms with Crippen LogP contribution in [0, 0.1) is 23.5 Å². The van der Waals surface area contributed by atoms with E-state index in [0.29, 0.717) is 18.1 Å². The molecule has 3 rings (SSSR count). The Morgan fingerprint density at radius 2 is 1.79 bits per heavy atom. The van der Waals surface area contributed by atoms with E-state index in [4.69, 9.17) is 4.74 Å². The van der Waals surface area contributed by atoms with Crippen LogP contribution in [0.4, 0.5) is 8.78 Å². The van der Waals surface area contributed by atoms with E-state index in [-0.39, 0.29) is 11.7 Å². The summed E-state index contributed by atoms with van der Waals surface area (Å²) < 4.78 is 33.9. The quantitative estimate of drug-likeness (QED) is 0.224. The van der Waals surface area contributed by atoms with E-state index in [1.165, 1.54) is 64.2 Å². The third kappa shape index (κ3) is 7.97. The van der Waals surface area contributed by atoms with Gasteiger partial charge in [-0.2, -0.15) is 4.39 Å². The second kappa shape index (κ2) is 13.9. The SMILES string of the molecule is CCCCCCC1=CCC(CC/C=C/C2CCC(c3ccc(OCC)c(F)c3F)CC2)CC1. The molecule has 1 saturated carbocycles. The molecule has 1 atom stereocenters. The van der Waals surface area contributed by atoms with Gasteiger partial charge in [0.25, 0.3) is 0 Å². The molecule has 33 heavy (non-hydrogen) atoms. The first-order valence-electron chi connectivity index (χ1n) is 13.6. The highest BCUT2D eigenvalue weighted by atomic mass is 19.2. The molecule has 0 heterocycles. The first-order chi connectivity index (χ1) is 16.1. The van der Waals surface area contributed by atoms with Crippen molar-refractivity contribution in [1.29, 1.82) is 0 Å². The summed E-state index contributed by atoms with van der Waals surface area (Å²) in [5.74, 6) is 0.0142. The summed E-state index contributed by atoms with van der Waals surface area (Å²) in [6, 6.07) is 3.30. The van der Waals surface area contributed by atoms with Crippen LogP contribution >= 0.6 is 0 Å². The molecule has 2 aliphatic rings. The van der Waals surface area contributed by atoms with E-state index in [2.05, 4.69) is 25.2 Å². The van der Waals surface area contributed by atoms with Crippen molar-refractivity contribution in [3.63, 3.8) is 0 Å². The summed E-state index contributed by atoms with van der Waals surface area (Å²) in [6.45, 7) is 4.39. The maximum absolute atomic E-state index is 14.5. The highest BCUT2D eigenvalue weighted by Crippen LogP contribution is 2.39. The van der Waals surface area contributed by atoms with Gasteiger partial charge in [0.15, 0.2) is 11.6 Å². The van der Waals surface area contributed by atoms with E-state index in [9.17, 15) is 8.78 Å². The Balaban J connectivity index is 1.35. The van der Waals surface area contributed by atoms with E-state index in [1.54, 1.807) is 24.6 Å². The summed E-state index contributed by atoms with van der Waals surface area (Å²) in [4.78, 5) is 0. The minimum atomic E-state index is -0.836. The predicted octanol–water partition coefficient (Wildman–Crippen LogP) is 9.67. The van der Waals surface area contributed by atoms with E-state index in [0.717, 1.165) is 31.6 Å². The summed E-state index contributed by atoms with van der Waals surface area (Å²) in [7, 11) is 0. The zero-order chi connectivity index (χ0) is 23.5. The van der Waals surface area contributed by atoms with Crippen LogP contribution in [0.15, 0.2) is 35.9 Å². The number of halogens is 2. The van der Waals surface area contributed by atoms with Crippen LogP contribution in [0.25, 0.3) is 0 Å². The molecule has 0 N–H and O–H groups in total. The molecule has 0 amide bonds. The van der Waals surface area contributed by atoms with Crippen molar-refractivity contribution in [2.75, 3.05) is 6.61 Å². The van der Waals surface area contributed by atoms with Gasteiger partial charge in [0.2, 0.25) is 5.82 Å². The molecule has 1 unspecified atom stereocenters. The molecule has 1 fully saturated rings. The highest BCUT2D eigenvalue weighted by Gasteiger charge is 2.25. The van der Waals surface area contributed by atoms with Crippen molar-refractivity contribution in [3.8, 4) is 5.75 Å². The van der Waals surface area contributed by atoms with Gasteiger partial charge in [-0.3, -0.25) is 0 Å². The van der Waals surface area contributed by atoms with Crippen molar-refractivity contribution in [3.05, 3.63) is 53.1 Å². The average molecular weight is 459 g/mol. The lowest BCUT2D eigenvalue weighted by Crippen LogP contribution is -2.14. The van der Waals surface area contributed by atoms with Crippen molar-refractivity contribution in [1.82, 2.24) is 0 Å². The van der Waals surface area contributed by atoms with Gasteiger partial charge in [0, 0.05) is 0 Å². The minimum absolute atomic E-state index is 0.0204. The summed E-state index contributed by atoms with van der Waals surface area (Å²) in [6.07, 6.45) is 24.5. The first-order valence-corrected chi connectivity index (χ1v) is 13.6. The van der Waals surface area contributed by atoms with E-state index < -0.39 is 11.6 Å². The zero-order valence-electron chi connectivity index (χ0n) is 20.9. The highest BCUT2D eigenvalue weighted by molar-refractivity contribution is 5.33. The molecule has 0 spiro atoms. The van der Waals surface area contributed by atoms with Crippen LogP contribution in [0.2, 0.25) is 0 Å². The third-order valence-corrected chi connectivity index (χ3v) is 7.70. The second-order valence-electron chi connectivity index (χ2n) is 10.1. The lowest BCUT2D eigenvalue weighted by atomic mass is 9.78. The Labute approximate surface area is 200 Å². The molecular formula is C30H44F2O. The van der Waals surface area contributed by atoms with Gasteiger partial charge in [0.1, 0.15) is 0 Å². The van der Waals surface area contributed by atoms with Crippen molar-refractivity contribution >= 4 is 0 Å². The number of benzene rings is 1. The van der Waals surface area contributed by atoms with Crippen molar-refractivity contribution in [2.24, 2.45) is 11.8 Å². The van der Waals surface area contributed by atoms with Gasteiger partial charge >= 0.3 is 0 Å². The fourth-order valence-electron chi connectivity index (χ4n) is 5.58. The molecule has 0 aliphatic heterocycles. The van der Waals surface area contributed by atoms with Crippen LogP contribution in [0.3, 0.4) is 0 Å². The molecular weight excluding hydrogens is 414 g/mol. The fourth-order valence-corrected chi connectivity index (χ4v) is 5.58. The molecule has 1 nitrogen and oxygen atoms in total. The molecule has 184 valence electrons.